The van der Waals surface area contributed by atoms with Crippen LogP contribution in [0.1, 0.15) is 52.0 Å². The number of benzene rings is 3. The van der Waals surface area contributed by atoms with Crippen LogP contribution in [0, 0.1) is 13.8 Å². The van der Waals surface area contributed by atoms with Crippen LogP contribution in [0.3, 0.4) is 0 Å². The Kier molecular flexibility index (Phi) is 7.99. The molecule has 1 amide bonds. The molecule has 0 fully saturated rings. The van der Waals surface area contributed by atoms with Gasteiger partial charge in [0, 0.05) is 5.56 Å². The highest BCUT2D eigenvalue weighted by molar-refractivity contribution is 7.92. The molecule has 0 aliphatic rings. The number of nitrogens with zero attached hydrogens (tertiary/aromatic N) is 1. The van der Waals surface area contributed by atoms with Crippen LogP contribution in [0.25, 0.3) is 0 Å². The van der Waals surface area contributed by atoms with Crippen molar-refractivity contribution in [3.05, 3.63) is 94.5 Å². The van der Waals surface area contributed by atoms with Crippen molar-refractivity contribution in [3.8, 4) is 5.75 Å². The predicted molar refractivity (Wildman–Crippen MR) is 137 cm³/mol. The smallest absolute Gasteiger partial charge is 0.251 e. The Morgan fingerprint density at radius 1 is 0.971 bits per heavy atom. The van der Waals surface area contributed by atoms with E-state index < -0.39 is 10.0 Å². The number of methoxy groups -OCH3 is 1. The molecule has 34 heavy (non-hydrogen) atoms. The number of anilines is 1. The van der Waals surface area contributed by atoms with Crippen molar-refractivity contribution < 1.29 is 17.9 Å². The van der Waals surface area contributed by atoms with Gasteiger partial charge in [-0.25, -0.2) is 8.42 Å². The Morgan fingerprint density at radius 3 is 2.06 bits per heavy atom. The molecule has 7 heteroatoms. The Bertz CT molecular complexity index is 1220. The topological polar surface area (TPSA) is 75.7 Å². The fourth-order valence-electron chi connectivity index (χ4n) is 3.99. The van der Waals surface area contributed by atoms with Crippen LogP contribution in [0.4, 0.5) is 5.69 Å². The molecule has 1 atom stereocenters. The number of carbonyl (C=O) groups is 1. The van der Waals surface area contributed by atoms with Gasteiger partial charge in [0.2, 0.25) is 10.0 Å². The Labute approximate surface area is 202 Å². The summed E-state index contributed by atoms with van der Waals surface area (Å²) in [6, 6.07) is 20.3. The van der Waals surface area contributed by atoms with Crippen LogP contribution in [-0.4, -0.2) is 27.7 Å². The molecule has 1 N–H and O–H groups in total. The van der Waals surface area contributed by atoms with Gasteiger partial charge in [-0.2, -0.15) is 0 Å². The molecule has 1 unspecified atom stereocenters. The molecular formula is C27H32N2O4S. The number of carbonyl (C=O) groups excluding carboxylic acids is 1. The van der Waals surface area contributed by atoms with Gasteiger partial charge in [0.15, 0.2) is 0 Å². The van der Waals surface area contributed by atoms with Gasteiger partial charge in [-0.05, 0) is 66.8 Å². The van der Waals surface area contributed by atoms with Crippen molar-refractivity contribution in [2.75, 3.05) is 17.7 Å². The van der Waals surface area contributed by atoms with Gasteiger partial charge < -0.3 is 10.1 Å². The average Bonchev–Trinajstić information content (AvgIpc) is 2.81. The van der Waals surface area contributed by atoms with Crippen molar-refractivity contribution in [2.24, 2.45) is 0 Å². The maximum absolute atomic E-state index is 12.9. The number of para-hydroxylation sites is 1. The fourth-order valence-corrected chi connectivity index (χ4v) is 4.99. The van der Waals surface area contributed by atoms with E-state index in [1.807, 2.05) is 63.2 Å². The SMILES string of the molecule is CCC(NC(=O)c1ccc(CN(c2c(C)cccc2C)S(C)(=O)=O)cc1)c1ccc(OC)cc1. The van der Waals surface area contributed by atoms with Gasteiger partial charge in [0.05, 0.1) is 31.6 Å². The molecule has 0 aliphatic heterocycles. The number of nitrogens with one attached hydrogen (secondary N) is 1. The Balaban J connectivity index is 1.77. The van der Waals surface area contributed by atoms with Gasteiger partial charge >= 0.3 is 0 Å². The lowest BCUT2D eigenvalue weighted by molar-refractivity contribution is 0.0935. The summed E-state index contributed by atoms with van der Waals surface area (Å²) in [7, 11) is -1.88. The number of aryl methyl sites for hydroxylation is 2. The second-order valence-electron chi connectivity index (χ2n) is 8.41. The van der Waals surface area contributed by atoms with Crippen molar-refractivity contribution in [3.63, 3.8) is 0 Å². The van der Waals surface area contributed by atoms with Crippen LogP contribution >= 0.6 is 0 Å². The normalized spacial score (nSPS) is 12.1. The lowest BCUT2D eigenvalue weighted by Gasteiger charge is -2.26. The van der Waals surface area contributed by atoms with Crippen molar-refractivity contribution >= 4 is 21.6 Å². The first-order valence-corrected chi connectivity index (χ1v) is 13.1. The number of sulfonamides is 1. The summed E-state index contributed by atoms with van der Waals surface area (Å²) in [6.45, 7) is 6.02. The number of ether oxygens (including phenoxy) is 1. The zero-order valence-electron chi connectivity index (χ0n) is 20.3. The molecule has 3 aromatic rings. The van der Waals surface area contributed by atoms with Crippen molar-refractivity contribution in [2.45, 2.75) is 39.8 Å². The minimum absolute atomic E-state index is 0.122. The molecule has 0 aromatic heterocycles. The molecule has 0 saturated carbocycles. The summed E-state index contributed by atoms with van der Waals surface area (Å²) in [4.78, 5) is 12.9. The van der Waals surface area contributed by atoms with Crippen LogP contribution in [0.15, 0.2) is 66.7 Å². The van der Waals surface area contributed by atoms with E-state index in [1.54, 1.807) is 31.4 Å². The molecule has 6 nitrogen and oxygen atoms in total. The zero-order valence-corrected chi connectivity index (χ0v) is 21.1. The average molecular weight is 481 g/mol. The molecular weight excluding hydrogens is 448 g/mol. The quantitative estimate of drug-likeness (QED) is 0.459. The first kappa shape index (κ1) is 25.3. The van der Waals surface area contributed by atoms with E-state index >= 15 is 0 Å². The third kappa shape index (κ3) is 5.97. The number of hydrogen-bond donors (Lipinski definition) is 1. The Morgan fingerprint density at radius 2 is 1.56 bits per heavy atom. The third-order valence-electron chi connectivity index (χ3n) is 5.86. The summed E-state index contributed by atoms with van der Waals surface area (Å²) >= 11 is 0. The highest BCUT2D eigenvalue weighted by Gasteiger charge is 2.22. The van der Waals surface area contributed by atoms with E-state index in [4.69, 9.17) is 4.74 Å². The van der Waals surface area contributed by atoms with Gasteiger partial charge in [0.1, 0.15) is 5.75 Å². The standard InChI is InChI=1S/C27H32N2O4S/c1-6-25(22-14-16-24(33-4)17-15-22)28-27(30)23-12-10-21(11-13-23)18-29(34(5,31)32)26-19(2)8-7-9-20(26)3/h7-17,25H,6,18H2,1-5H3,(H,28,30). The van der Waals surface area contributed by atoms with Crippen molar-refractivity contribution in [1.82, 2.24) is 5.32 Å². The highest BCUT2D eigenvalue weighted by atomic mass is 32.2. The van der Waals surface area contributed by atoms with Crippen LogP contribution in [-0.2, 0) is 16.6 Å². The first-order chi connectivity index (χ1) is 16.1. The van der Waals surface area contributed by atoms with Crippen LogP contribution in [0.2, 0.25) is 0 Å². The number of rotatable bonds is 9. The van der Waals surface area contributed by atoms with Gasteiger partial charge in [-0.15, -0.1) is 0 Å². The summed E-state index contributed by atoms with van der Waals surface area (Å²) in [5.74, 6) is 0.591. The maximum atomic E-state index is 12.9. The monoisotopic (exact) mass is 480 g/mol. The summed E-state index contributed by atoms with van der Waals surface area (Å²) in [5.41, 5.74) is 4.81. The van der Waals surface area contributed by atoms with Gasteiger partial charge in [0.25, 0.3) is 5.91 Å². The van der Waals surface area contributed by atoms with Crippen LogP contribution < -0.4 is 14.4 Å². The molecule has 0 bridgehead atoms. The molecule has 0 spiro atoms. The van der Waals surface area contributed by atoms with E-state index in [0.717, 1.165) is 34.4 Å². The van der Waals surface area contributed by atoms with E-state index in [9.17, 15) is 13.2 Å². The largest absolute Gasteiger partial charge is 0.497 e. The van der Waals surface area contributed by atoms with Gasteiger partial charge in [-0.1, -0.05) is 49.4 Å². The Hall–Kier alpha value is -3.32. The molecule has 0 saturated heterocycles. The third-order valence-corrected chi connectivity index (χ3v) is 6.98. The maximum Gasteiger partial charge on any atom is 0.251 e. The predicted octanol–water partition coefficient (Wildman–Crippen LogP) is 5.16. The summed E-state index contributed by atoms with van der Waals surface area (Å²) in [6.07, 6.45) is 1.96. The molecule has 3 rings (SSSR count). The first-order valence-electron chi connectivity index (χ1n) is 11.2. The minimum atomic E-state index is -3.50. The van der Waals surface area contributed by atoms with Crippen molar-refractivity contribution in [1.29, 1.82) is 0 Å². The molecule has 0 heterocycles. The van der Waals surface area contributed by atoms with E-state index in [-0.39, 0.29) is 18.5 Å². The fraction of sp³-hybridized carbons (Fsp3) is 0.296. The van der Waals surface area contributed by atoms with E-state index in [1.165, 1.54) is 10.6 Å². The lowest BCUT2D eigenvalue weighted by Crippen LogP contribution is -2.31. The van der Waals surface area contributed by atoms with E-state index in [2.05, 4.69) is 5.32 Å². The summed E-state index contributed by atoms with van der Waals surface area (Å²) < 4.78 is 31.8. The van der Waals surface area contributed by atoms with Gasteiger partial charge in [-0.3, -0.25) is 9.10 Å². The second-order valence-corrected chi connectivity index (χ2v) is 10.3. The highest BCUT2D eigenvalue weighted by Crippen LogP contribution is 2.28. The second kappa shape index (κ2) is 10.7. The zero-order chi connectivity index (χ0) is 24.9. The van der Waals surface area contributed by atoms with E-state index in [0.29, 0.717) is 11.3 Å². The molecule has 180 valence electrons. The summed E-state index contributed by atoms with van der Waals surface area (Å²) in [5, 5.41) is 3.08. The van der Waals surface area contributed by atoms with Crippen LogP contribution in [0.5, 0.6) is 5.75 Å². The minimum Gasteiger partial charge on any atom is -0.497 e. The molecule has 0 radical (unpaired) electrons. The lowest BCUT2D eigenvalue weighted by atomic mass is 10.0. The number of amides is 1. The molecule has 3 aromatic carbocycles. The molecule has 0 aliphatic carbocycles. The number of hydrogen-bond acceptors (Lipinski definition) is 4.